The lowest BCUT2D eigenvalue weighted by Crippen LogP contribution is -2.43. The van der Waals surface area contributed by atoms with Gasteiger partial charge in [0.15, 0.2) is 11.4 Å². The number of rotatable bonds is 3. The van der Waals surface area contributed by atoms with Crippen molar-refractivity contribution < 1.29 is 9.52 Å². The van der Waals surface area contributed by atoms with Gasteiger partial charge in [-0.3, -0.25) is 0 Å². The lowest BCUT2D eigenvalue weighted by Gasteiger charge is -2.39. The Bertz CT molecular complexity index is 1150. The van der Waals surface area contributed by atoms with E-state index in [2.05, 4.69) is 20.0 Å². The Morgan fingerprint density at radius 3 is 2.55 bits per heavy atom. The molecule has 0 saturated carbocycles. The summed E-state index contributed by atoms with van der Waals surface area (Å²) < 4.78 is 6.86. The summed E-state index contributed by atoms with van der Waals surface area (Å²) in [6.45, 7) is 1.28. The maximum Gasteiger partial charge on any atom is 0.225 e. The van der Waals surface area contributed by atoms with Crippen LogP contribution in [0.2, 0.25) is 5.02 Å². The summed E-state index contributed by atoms with van der Waals surface area (Å²) in [6, 6.07) is 12.8. The van der Waals surface area contributed by atoms with E-state index in [0.29, 0.717) is 54.0 Å². The molecule has 4 aromatic rings. The van der Waals surface area contributed by atoms with E-state index in [1.807, 2.05) is 18.2 Å². The molecular formula is C20H19ClN6O2. The van der Waals surface area contributed by atoms with Gasteiger partial charge in [0, 0.05) is 24.2 Å². The summed E-state index contributed by atoms with van der Waals surface area (Å²) in [5.74, 6) is 1.99. The van der Waals surface area contributed by atoms with Crippen molar-refractivity contribution in [3.05, 3.63) is 59.3 Å². The second-order valence-corrected chi connectivity index (χ2v) is 7.62. The van der Waals surface area contributed by atoms with E-state index in [-0.39, 0.29) is 5.95 Å². The van der Waals surface area contributed by atoms with Crippen LogP contribution in [0.4, 0.5) is 11.8 Å². The molecule has 1 fully saturated rings. The number of hydrogen-bond donors (Lipinski definition) is 2. The average molecular weight is 411 g/mol. The summed E-state index contributed by atoms with van der Waals surface area (Å²) >= 11 is 5.97. The molecule has 0 unspecified atom stereocenters. The molecule has 0 bridgehead atoms. The fourth-order valence-corrected chi connectivity index (χ4v) is 3.85. The van der Waals surface area contributed by atoms with E-state index in [1.54, 1.807) is 30.5 Å². The summed E-state index contributed by atoms with van der Waals surface area (Å²) in [7, 11) is 0. The first-order valence-electron chi connectivity index (χ1n) is 9.32. The number of fused-ring (bicyclic) bond motifs is 1. The molecule has 0 aliphatic carbocycles. The van der Waals surface area contributed by atoms with Crippen molar-refractivity contribution in [2.45, 2.75) is 18.4 Å². The smallest absolute Gasteiger partial charge is 0.225 e. The van der Waals surface area contributed by atoms with Crippen molar-refractivity contribution in [2.24, 2.45) is 0 Å². The predicted octanol–water partition coefficient (Wildman–Crippen LogP) is 3.11. The predicted molar refractivity (Wildman–Crippen MR) is 110 cm³/mol. The molecule has 29 heavy (non-hydrogen) atoms. The monoisotopic (exact) mass is 410 g/mol. The highest BCUT2D eigenvalue weighted by atomic mass is 35.5. The van der Waals surface area contributed by atoms with Crippen LogP contribution in [0.25, 0.3) is 17.2 Å². The first-order valence-corrected chi connectivity index (χ1v) is 9.70. The number of anilines is 2. The summed E-state index contributed by atoms with van der Waals surface area (Å²) in [5, 5.41) is 16.1. The van der Waals surface area contributed by atoms with Crippen LogP contribution in [0.3, 0.4) is 0 Å². The highest BCUT2D eigenvalue weighted by molar-refractivity contribution is 6.30. The molecule has 1 aliphatic heterocycles. The van der Waals surface area contributed by atoms with Crippen molar-refractivity contribution in [3.8, 4) is 11.6 Å². The third-order valence-corrected chi connectivity index (χ3v) is 5.63. The second kappa shape index (κ2) is 6.75. The molecule has 0 amide bonds. The van der Waals surface area contributed by atoms with Crippen LogP contribution < -0.4 is 10.6 Å². The maximum absolute atomic E-state index is 11.1. The molecule has 9 heteroatoms. The standard InChI is InChI=1S/C20H19ClN6O2/c21-14-5-3-13(4-6-14)20(28)7-9-26(10-8-20)16-12-17-23-18(15-2-1-11-29-15)25-27(17)19(22)24-16/h1-6,11-12,28H,7-10H2,(H2,22,24). The van der Waals surface area contributed by atoms with Gasteiger partial charge in [0.05, 0.1) is 11.9 Å². The minimum absolute atomic E-state index is 0.251. The number of nitrogens with two attached hydrogens (primary N) is 1. The van der Waals surface area contributed by atoms with Crippen LogP contribution in [0, 0.1) is 0 Å². The molecule has 1 aromatic carbocycles. The molecule has 1 aliphatic rings. The van der Waals surface area contributed by atoms with Crippen LogP contribution in [0.1, 0.15) is 18.4 Å². The van der Waals surface area contributed by atoms with Crippen LogP contribution in [0.5, 0.6) is 0 Å². The summed E-state index contributed by atoms with van der Waals surface area (Å²) in [6.07, 6.45) is 2.72. The van der Waals surface area contributed by atoms with E-state index in [1.165, 1.54) is 4.52 Å². The number of aliphatic hydroxyl groups is 1. The van der Waals surface area contributed by atoms with Crippen LogP contribution in [-0.2, 0) is 5.60 Å². The largest absolute Gasteiger partial charge is 0.461 e. The first-order chi connectivity index (χ1) is 14.0. The third kappa shape index (κ3) is 3.20. The fraction of sp³-hybridized carbons (Fsp3) is 0.250. The Hall–Kier alpha value is -3.10. The summed E-state index contributed by atoms with van der Waals surface area (Å²) in [4.78, 5) is 11.1. The zero-order valence-corrected chi connectivity index (χ0v) is 16.3. The van der Waals surface area contributed by atoms with Crippen molar-refractivity contribution in [1.29, 1.82) is 0 Å². The average Bonchev–Trinajstić information content (AvgIpc) is 3.39. The SMILES string of the molecule is Nc1nc(N2CCC(O)(c3ccc(Cl)cc3)CC2)cc2nc(-c3ccco3)nn12. The van der Waals surface area contributed by atoms with Gasteiger partial charge >= 0.3 is 0 Å². The van der Waals surface area contributed by atoms with Crippen molar-refractivity contribution in [1.82, 2.24) is 19.6 Å². The number of hydrogen-bond acceptors (Lipinski definition) is 7. The lowest BCUT2D eigenvalue weighted by molar-refractivity contribution is 0.0117. The zero-order valence-electron chi connectivity index (χ0n) is 15.5. The second-order valence-electron chi connectivity index (χ2n) is 7.18. The van der Waals surface area contributed by atoms with Gasteiger partial charge in [-0.25, -0.2) is 4.98 Å². The minimum atomic E-state index is -0.877. The quantitative estimate of drug-likeness (QED) is 0.534. The van der Waals surface area contributed by atoms with Gasteiger partial charge in [-0.05, 0) is 42.7 Å². The van der Waals surface area contributed by atoms with Crippen molar-refractivity contribution in [2.75, 3.05) is 23.7 Å². The Balaban J connectivity index is 1.39. The molecule has 148 valence electrons. The Morgan fingerprint density at radius 1 is 1.10 bits per heavy atom. The number of aromatic nitrogens is 4. The van der Waals surface area contributed by atoms with Crippen LogP contribution >= 0.6 is 11.6 Å². The van der Waals surface area contributed by atoms with E-state index in [4.69, 9.17) is 21.8 Å². The molecule has 0 atom stereocenters. The highest BCUT2D eigenvalue weighted by Gasteiger charge is 2.34. The molecule has 4 heterocycles. The Labute approximate surface area is 171 Å². The van der Waals surface area contributed by atoms with Crippen molar-refractivity contribution in [3.63, 3.8) is 0 Å². The number of furan rings is 1. The van der Waals surface area contributed by atoms with Gasteiger partial charge in [-0.15, -0.1) is 5.10 Å². The number of piperidine rings is 1. The topological polar surface area (TPSA) is 106 Å². The molecule has 1 saturated heterocycles. The molecule has 3 N–H and O–H groups in total. The molecule has 0 spiro atoms. The van der Waals surface area contributed by atoms with Gasteiger partial charge in [0.25, 0.3) is 0 Å². The molecular weight excluding hydrogens is 392 g/mol. The summed E-state index contributed by atoms with van der Waals surface area (Å²) in [5.41, 5.74) is 6.72. The van der Waals surface area contributed by atoms with Crippen LogP contribution in [0.15, 0.2) is 53.1 Å². The minimum Gasteiger partial charge on any atom is -0.461 e. The fourth-order valence-electron chi connectivity index (χ4n) is 3.73. The first kappa shape index (κ1) is 18.0. The van der Waals surface area contributed by atoms with Crippen LogP contribution in [-0.4, -0.2) is 37.8 Å². The van der Waals surface area contributed by atoms with Gasteiger partial charge in [-0.2, -0.15) is 9.50 Å². The van der Waals surface area contributed by atoms with E-state index in [0.717, 1.165) is 5.56 Å². The lowest BCUT2D eigenvalue weighted by atomic mass is 9.84. The highest BCUT2D eigenvalue weighted by Crippen LogP contribution is 2.35. The Kier molecular flexibility index (Phi) is 4.18. The molecule has 8 nitrogen and oxygen atoms in total. The maximum atomic E-state index is 11.1. The number of nitrogens with zero attached hydrogens (tertiary/aromatic N) is 5. The molecule has 0 radical (unpaired) electrons. The van der Waals surface area contributed by atoms with Gasteiger partial charge in [-0.1, -0.05) is 23.7 Å². The van der Waals surface area contributed by atoms with Gasteiger partial charge < -0.3 is 20.2 Å². The number of halogens is 1. The third-order valence-electron chi connectivity index (χ3n) is 5.37. The normalized spacial score (nSPS) is 16.4. The van der Waals surface area contributed by atoms with Gasteiger partial charge in [0.2, 0.25) is 11.8 Å². The number of nitrogen functional groups attached to an aromatic ring is 1. The zero-order chi connectivity index (χ0) is 20.0. The van der Waals surface area contributed by atoms with E-state index in [9.17, 15) is 5.11 Å². The van der Waals surface area contributed by atoms with E-state index >= 15 is 0 Å². The number of benzene rings is 1. The Morgan fingerprint density at radius 2 is 1.86 bits per heavy atom. The molecule has 5 rings (SSSR count). The van der Waals surface area contributed by atoms with Gasteiger partial charge in [0.1, 0.15) is 5.82 Å². The van der Waals surface area contributed by atoms with Crippen molar-refractivity contribution >= 4 is 29.0 Å². The molecule has 3 aromatic heterocycles. The van der Waals surface area contributed by atoms with E-state index < -0.39 is 5.60 Å².